The van der Waals surface area contributed by atoms with Gasteiger partial charge in [0.25, 0.3) is 0 Å². The summed E-state index contributed by atoms with van der Waals surface area (Å²) in [5, 5.41) is 7.54. The molecule has 28 heavy (non-hydrogen) atoms. The fourth-order valence-electron chi connectivity index (χ4n) is 3.66. The van der Waals surface area contributed by atoms with Gasteiger partial charge in [0.15, 0.2) is 6.04 Å². The average Bonchev–Trinajstić information content (AvgIpc) is 3.01. The van der Waals surface area contributed by atoms with Crippen molar-refractivity contribution in [3.05, 3.63) is 59.4 Å². The van der Waals surface area contributed by atoms with E-state index in [1.54, 1.807) is 11.6 Å². The lowest BCUT2D eigenvalue weighted by Gasteiger charge is -2.22. The summed E-state index contributed by atoms with van der Waals surface area (Å²) in [6, 6.07) is 8.86. The molecule has 1 heterocycles. The van der Waals surface area contributed by atoms with E-state index in [1.807, 2.05) is 50.3 Å². The maximum Gasteiger partial charge on any atom is 0.333 e. The Morgan fingerprint density at radius 1 is 1.25 bits per heavy atom. The minimum Gasteiger partial charge on any atom is -0.464 e. The predicted molar refractivity (Wildman–Crippen MR) is 107 cm³/mol. The Morgan fingerprint density at radius 3 is 2.64 bits per heavy atom. The lowest BCUT2D eigenvalue weighted by molar-refractivity contribution is -0.148. The summed E-state index contributed by atoms with van der Waals surface area (Å²) in [5.41, 5.74) is 3.11. The number of carbonyl (C=O) groups is 2. The third-order valence-corrected chi connectivity index (χ3v) is 5.09. The fourth-order valence-corrected chi connectivity index (χ4v) is 3.66. The molecule has 0 fully saturated rings. The van der Waals surface area contributed by atoms with Gasteiger partial charge in [-0.1, -0.05) is 30.4 Å². The number of esters is 1. The highest BCUT2D eigenvalue weighted by atomic mass is 16.5. The van der Waals surface area contributed by atoms with E-state index in [9.17, 15) is 9.59 Å². The number of nitrogens with zero attached hydrogens (tertiary/aromatic N) is 2. The number of hydrogen-bond donors (Lipinski definition) is 1. The van der Waals surface area contributed by atoms with Gasteiger partial charge in [-0.2, -0.15) is 5.10 Å². The molecule has 0 saturated carbocycles. The first-order chi connectivity index (χ1) is 13.5. The molecule has 1 amide bonds. The van der Waals surface area contributed by atoms with E-state index in [0.717, 1.165) is 24.2 Å². The molecule has 0 bridgehead atoms. The van der Waals surface area contributed by atoms with Gasteiger partial charge in [0.1, 0.15) is 0 Å². The van der Waals surface area contributed by atoms with Crippen LogP contribution < -0.4 is 5.32 Å². The smallest absolute Gasteiger partial charge is 0.333 e. The van der Waals surface area contributed by atoms with Crippen LogP contribution in [0.1, 0.15) is 49.2 Å². The number of aromatic nitrogens is 2. The summed E-state index contributed by atoms with van der Waals surface area (Å²) in [6.45, 7) is 5.77. The maximum absolute atomic E-state index is 12.8. The lowest BCUT2D eigenvalue weighted by atomic mass is 9.93. The maximum atomic E-state index is 12.8. The van der Waals surface area contributed by atoms with Crippen LogP contribution >= 0.6 is 0 Å². The zero-order valence-electron chi connectivity index (χ0n) is 16.6. The van der Waals surface area contributed by atoms with E-state index in [4.69, 9.17) is 4.74 Å². The van der Waals surface area contributed by atoms with Crippen molar-refractivity contribution in [3.8, 4) is 5.69 Å². The van der Waals surface area contributed by atoms with Gasteiger partial charge in [-0.15, -0.1) is 0 Å². The minimum absolute atomic E-state index is 0.117. The molecule has 1 N–H and O–H groups in total. The second-order valence-electron chi connectivity index (χ2n) is 7.01. The molecular weight excluding hydrogens is 354 g/mol. The first-order valence-electron chi connectivity index (χ1n) is 9.76. The molecule has 2 atom stereocenters. The van der Waals surface area contributed by atoms with E-state index in [0.29, 0.717) is 17.7 Å². The van der Waals surface area contributed by atoms with Crippen molar-refractivity contribution in [1.29, 1.82) is 0 Å². The van der Waals surface area contributed by atoms with Crippen molar-refractivity contribution < 1.29 is 14.3 Å². The number of ether oxygens (including phenoxy) is 1. The van der Waals surface area contributed by atoms with Crippen LogP contribution in [0.5, 0.6) is 0 Å². The molecule has 0 radical (unpaired) electrons. The van der Waals surface area contributed by atoms with Crippen molar-refractivity contribution >= 4 is 11.9 Å². The third kappa shape index (κ3) is 4.16. The van der Waals surface area contributed by atoms with Crippen LogP contribution in [0.15, 0.2) is 42.5 Å². The van der Waals surface area contributed by atoms with Gasteiger partial charge in [0, 0.05) is 17.2 Å². The van der Waals surface area contributed by atoms with E-state index in [2.05, 4.69) is 16.5 Å². The number of carbonyl (C=O) groups excluding carboxylic acids is 2. The molecule has 148 valence electrons. The number of aryl methyl sites for hydroxylation is 1. The highest BCUT2D eigenvalue weighted by Gasteiger charge is 2.32. The van der Waals surface area contributed by atoms with Crippen molar-refractivity contribution in [2.24, 2.45) is 5.92 Å². The highest BCUT2D eigenvalue weighted by molar-refractivity contribution is 5.87. The lowest BCUT2D eigenvalue weighted by Crippen LogP contribution is -2.39. The normalized spacial score (nSPS) is 17.2. The van der Waals surface area contributed by atoms with Gasteiger partial charge in [0.2, 0.25) is 5.91 Å². The van der Waals surface area contributed by atoms with Crippen molar-refractivity contribution in [2.45, 2.75) is 46.1 Å². The van der Waals surface area contributed by atoms with Crippen LogP contribution in [-0.2, 0) is 14.3 Å². The SMILES string of the molecule is CCOC(=O)[C@H](NC(=O)[C@@H]1CC=CCC1)c1c(C)nn(-c2ccccc2)c1C. The topological polar surface area (TPSA) is 73.2 Å². The number of benzene rings is 1. The Kier molecular flexibility index (Phi) is 6.29. The van der Waals surface area contributed by atoms with Gasteiger partial charge in [0.05, 0.1) is 18.0 Å². The molecule has 6 heteroatoms. The molecule has 1 aromatic heterocycles. The molecule has 2 aromatic rings. The molecular formula is C22H27N3O3. The molecule has 0 aliphatic heterocycles. The van der Waals surface area contributed by atoms with E-state index < -0.39 is 12.0 Å². The molecule has 0 spiro atoms. The molecule has 1 aromatic carbocycles. The Bertz CT molecular complexity index is 871. The first kappa shape index (κ1) is 19.9. The number of amides is 1. The quantitative estimate of drug-likeness (QED) is 0.613. The Hall–Kier alpha value is -2.89. The van der Waals surface area contributed by atoms with E-state index >= 15 is 0 Å². The summed E-state index contributed by atoms with van der Waals surface area (Å²) in [5.74, 6) is -0.693. The van der Waals surface area contributed by atoms with Crippen LogP contribution in [0.4, 0.5) is 0 Å². The molecule has 6 nitrogen and oxygen atoms in total. The molecule has 3 rings (SSSR count). The Balaban J connectivity index is 1.94. The van der Waals surface area contributed by atoms with Crippen molar-refractivity contribution in [3.63, 3.8) is 0 Å². The summed E-state index contributed by atoms with van der Waals surface area (Å²) in [6.07, 6.45) is 6.48. The Labute approximate surface area is 165 Å². The second-order valence-corrected chi connectivity index (χ2v) is 7.01. The van der Waals surface area contributed by atoms with Gasteiger partial charge in [-0.3, -0.25) is 4.79 Å². The highest BCUT2D eigenvalue weighted by Crippen LogP contribution is 2.27. The van der Waals surface area contributed by atoms with Crippen LogP contribution in [-0.4, -0.2) is 28.3 Å². The zero-order chi connectivity index (χ0) is 20.1. The van der Waals surface area contributed by atoms with Crippen molar-refractivity contribution in [1.82, 2.24) is 15.1 Å². The van der Waals surface area contributed by atoms with Gasteiger partial charge < -0.3 is 10.1 Å². The fraction of sp³-hybridized carbons (Fsp3) is 0.409. The van der Waals surface area contributed by atoms with E-state index in [-0.39, 0.29) is 18.4 Å². The first-order valence-corrected chi connectivity index (χ1v) is 9.76. The molecule has 1 aliphatic carbocycles. The number of hydrogen-bond acceptors (Lipinski definition) is 4. The molecule has 0 unspecified atom stereocenters. The standard InChI is InChI=1S/C22H27N3O3/c1-4-28-22(27)20(23-21(26)17-11-7-5-8-12-17)19-15(2)24-25(16(19)3)18-13-9-6-10-14-18/h5-7,9-10,13-14,17,20H,4,8,11-12H2,1-3H3,(H,23,26)/t17-,20-/m1/s1. The van der Waals surface area contributed by atoms with Crippen LogP contribution in [0, 0.1) is 19.8 Å². The largest absolute Gasteiger partial charge is 0.464 e. The summed E-state index contributed by atoms with van der Waals surface area (Å²) < 4.78 is 7.06. The second kappa shape index (κ2) is 8.87. The average molecular weight is 381 g/mol. The van der Waals surface area contributed by atoms with Gasteiger partial charge >= 0.3 is 5.97 Å². The van der Waals surface area contributed by atoms with E-state index in [1.165, 1.54) is 0 Å². The number of nitrogens with one attached hydrogen (secondary N) is 1. The monoisotopic (exact) mass is 381 g/mol. The van der Waals surface area contributed by atoms with Gasteiger partial charge in [-0.05, 0) is 52.2 Å². The minimum atomic E-state index is -0.865. The third-order valence-electron chi connectivity index (χ3n) is 5.09. The van der Waals surface area contributed by atoms with Crippen LogP contribution in [0.3, 0.4) is 0 Å². The molecule has 1 aliphatic rings. The van der Waals surface area contributed by atoms with Gasteiger partial charge in [-0.25, -0.2) is 9.48 Å². The summed E-state index contributed by atoms with van der Waals surface area (Å²) >= 11 is 0. The Morgan fingerprint density at radius 2 is 2.00 bits per heavy atom. The number of para-hydroxylation sites is 1. The molecule has 0 saturated heterocycles. The van der Waals surface area contributed by atoms with Crippen LogP contribution in [0.25, 0.3) is 5.69 Å². The summed E-state index contributed by atoms with van der Waals surface area (Å²) in [4.78, 5) is 25.5. The van der Waals surface area contributed by atoms with Crippen LogP contribution in [0.2, 0.25) is 0 Å². The number of allylic oxidation sites excluding steroid dienone is 2. The zero-order valence-corrected chi connectivity index (χ0v) is 16.6. The predicted octanol–water partition coefficient (Wildman–Crippen LogP) is 3.57. The van der Waals surface area contributed by atoms with Crippen molar-refractivity contribution in [2.75, 3.05) is 6.61 Å². The summed E-state index contributed by atoms with van der Waals surface area (Å²) in [7, 11) is 0. The number of rotatable bonds is 6.